The van der Waals surface area contributed by atoms with E-state index >= 15 is 0 Å². The molecule has 1 aliphatic carbocycles. The topological polar surface area (TPSA) is 77.4 Å². The first-order valence-corrected chi connectivity index (χ1v) is 7.18. The number of hydrogen-bond acceptors (Lipinski definition) is 5. The van der Waals surface area contributed by atoms with Gasteiger partial charge in [0.1, 0.15) is 5.82 Å². The van der Waals surface area contributed by atoms with Gasteiger partial charge in [-0.25, -0.2) is 4.98 Å². The third-order valence-corrected chi connectivity index (χ3v) is 4.12. The first-order valence-electron chi connectivity index (χ1n) is 7.18. The molecule has 3 rings (SSSR count). The highest BCUT2D eigenvalue weighted by atomic mass is 16.5. The Morgan fingerprint density at radius 2 is 2.10 bits per heavy atom. The number of rotatable bonds is 3. The average Bonchev–Trinajstić information content (AvgIpc) is 2.47. The Bertz CT molecular complexity index is 511. The smallest absolute Gasteiger partial charge is 0.124 e. The summed E-state index contributed by atoms with van der Waals surface area (Å²) in [6.07, 6.45) is 5.88. The molecule has 0 radical (unpaired) electrons. The number of nitrogens with two attached hydrogens (primary N) is 2. The van der Waals surface area contributed by atoms with Crippen LogP contribution in [0, 0.1) is 0 Å². The number of fused-ring (bicyclic) bond motifs is 1. The minimum atomic E-state index is -0.275. The molecule has 20 heavy (non-hydrogen) atoms. The fraction of sp³-hybridized carbons (Fsp3) is 0.533. The Kier molecular flexibility index (Phi) is 3.74. The van der Waals surface area contributed by atoms with Crippen molar-refractivity contribution in [2.75, 3.05) is 38.6 Å². The minimum absolute atomic E-state index is 0.275. The number of nitrogen functional groups attached to an aromatic ring is 1. The predicted octanol–water partition coefficient (Wildman–Crippen LogP) is 0.653. The lowest BCUT2D eigenvalue weighted by atomic mass is 9.83. The highest BCUT2D eigenvalue weighted by molar-refractivity contribution is 5.57. The van der Waals surface area contributed by atoms with Crippen molar-refractivity contribution in [1.29, 1.82) is 0 Å². The number of anilines is 1. The van der Waals surface area contributed by atoms with E-state index < -0.39 is 0 Å². The van der Waals surface area contributed by atoms with E-state index in [1.165, 1.54) is 5.56 Å². The number of nitrogens with zero attached hydrogens (tertiary/aromatic N) is 2. The van der Waals surface area contributed by atoms with Gasteiger partial charge < -0.3 is 16.2 Å². The summed E-state index contributed by atoms with van der Waals surface area (Å²) in [7, 11) is 0. The molecule has 4 N–H and O–H groups in total. The van der Waals surface area contributed by atoms with Crippen LogP contribution in [0.25, 0.3) is 6.08 Å². The molecule has 1 aromatic heterocycles. The third kappa shape index (κ3) is 3.00. The second-order valence-electron chi connectivity index (χ2n) is 5.73. The molecule has 1 unspecified atom stereocenters. The van der Waals surface area contributed by atoms with Crippen molar-refractivity contribution >= 4 is 11.9 Å². The molecule has 1 aromatic rings. The van der Waals surface area contributed by atoms with E-state index in [2.05, 4.69) is 16.0 Å². The molecule has 1 saturated heterocycles. The van der Waals surface area contributed by atoms with Crippen LogP contribution in [-0.4, -0.2) is 48.3 Å². The van der Waals surface area contributed by atoms with Crippen molar-refractivity contribution in [2.45, 2.75) is 18.4 Å². The summed E-state index contributed by atoms with van der Waals surface area (Å²) < 4.78 is 5.37. The molecule has 5 heteroatoms. The standard InChI is InChI=1S/C15H22N4O/c16-14-2-1-12-11-15(17,4-3-13(12)18-14)5-6-19-7-9-20-10-8-19/h1-4H,5-11,17H2,(H2,16,18). The lowest BCUT2D eigenvalue weighted by Gasteiger charge is -2.34. The van der Waals surface area contributed by atoms with Gasteiger partial charge in [-0.05, 0) is 30.5 Å². The zero-order valence-corrected chi connectivity index (χ0v) is 11.7. The van der Waals surface area contributed by atoms with Gasteiger partial charge in [0.15, 0.2) is 0 Å². The zero-order chi connectivity index (χ0) is 14.0. The van der Waals surface area contributed by atoms with Crippen LogP contribution in [0.5, 0.6) is 0 Å². The van der Waals surface area contributed by atoms with Gasteiger partial charge in [-0.3, -0.25) is 4.90 Å². The molecular weight excluding hydrogens is 252 g/mol. The molecule has 1 fully saturated rings. The molecular formula is C15H22N4O. The maximum atomic E-state index is 6.53. The molecule has 1 atom stereocenters. The second kappa shape index (κ2) is 5.52. The Morgan fingerprint density at radius 1 is 1.30 bits per heavy atom. The Hall–Kier alpha value is -1.43. The summed E-state index contributed by atoms with van der Waals surface area (Å²) in [5, 5.41) is 0. The summed E-state index contributed by atoms with van der Waals surface area (Å²) in [6, 6.07) is 3.89. The van der Waals surface area contributed by atoms with E-state index in [1.54, 1.807) is 0 Å². The normalized spacial score (nSPS) is 26.4. The van der Waals surface area contributed by atoms with Crippen LogP contribution in [0.3, 0.4) is 0 Å². The lowest BCUT2D eigenvalue weighted by Crippen LogP contribution is -2.46. The van der Waals surface area contributed by atoms with Gasteiger partial charge in [-0.1, -0.05) is 12.1 Å². The molecule has 0 aromatic carbocycles. The van der Waals surface area contributed by atoms with Crippen molar-refractivity contribution < 1.29 is 4.74 Å². The summed E-state index contributed by atoms with van der Waals surface area (Å²) in [6.45, 7) is 4.70. The van der Waals surface area contributed by atoms with E-state index in [1.807, 2.05) is 18.2 Å². The highest BCUT2D eigenvalue weighted by Gasteiger charge is 2.27. The summed E-state index contributed by atoms with van der Waals surface area (Å²) in [5.41, 5.74) is 14.1. The first kappa shape index (κ1) is 13.5. The number of hydrogen-bond donors (Lipinski definition) is 2. The van der Waals surface area contributed by atoms with Crippen molar-refractivity contribution in [3.05, 3.63) is 29.5 Å². The Morgan fingerprint density at radius 3 is 2.90 bits per heavy atom. The van der Waals surface area contributed by atoms with E-state index in [0.717, 1.165) is 51.4 Å². The largest absolute Gasteiger partial charge is 0.384 e. The number of morpholine rings is 1. The fourth-order valence-corrected chi connectivity index (χ4v) is 2.83. The van der Waals surface area contributed by atoms with Gasteiger partial charge in [-0.2, -0.15) is 0 Å². The third-order valence-electron chi connectivity index (χ3n) is 4.12. The van der Waals surface area contributed by atoms with Gasteiger partial charge in [-0.15, -0.1) is 0 Å². The Labute approximate surface area is 119 Å². The summed E-state index contributed by atoms with van der Waals surface area (Å²) in [4.78, 5) is 6.76. The molecule has 0 saturated carbocycles. The highest BCUT2D eigenvalue weighted by Crippen LogP contribution is 2.26. The van der Waals surface area contributed by atoms with Crippen LogP contribution >= 0.6 is 0 Å². The molecule has 0 spiro atoms. The van der Waals surface area contributed by atoms with E-state index in [-0.39, 0.29) is 5.54 Å². The van der Waals surface area contributed by atoms with Gasteiger partial charge in [0.05, 0.1) is 18.9 Å². The summed E-state index contributed by atoms with van der Waals surface area (Å²) in [5.74, 6) is 0.561. The molecule has 108 valence electrons. The van der Waals surface area contributed by atoms with Gasteiger partial charge in [0.25, 0.3) is 0 Å². The average molecular weight is 274 g/mol. The SMILES string of the molecule is Nc1ccc2c(n1)C=CC(N)(CCN1CCOCC1)C2. The first-order chi connectivity index (χ1) is 9.65. The quantitative estimate of drug-likeness (QED) is 0.846. The minimum Gasteiger partial charge on any atom is -0.384 e. The molecule has 2 heterocycles. The van der Waals surface area contributed by atoms with Crippen LogP contribution in [0.1, 0.15) is 17.7 Å². The Balaban J connectivity index is 1.64. The van der Waals surface area contributed by atoms with Crippen LogP contribution in [0.2, 0.25) is 0 Å². The van der Waals surface area contributed by atoms with Crippen molar-refractivity contribution in [2.24, 2.45) is 5.73 Å². The van der Waals surface area contributed by atoms with Gasteiger partial charge in [0.2, 0.25) is 0 Å². The van der Waals surface area contributed by atoms with E-state index in [9.17, 15) is 0 Å². The van der Waals surface area contributed by atoms with Crippen molar-refractivity contribution in [3.8, 4) is 0 Å². The fourth-order valence-electron chi connectivity index (χ4n) is 2.83. The van der Waals surface area contributed by atoms with Crippen LogP contribution in [-0.2, 0) is 11.2 Å². The zero-order valence-electron chi connectivity index (χ0n) is 11.7. The van der Waals surface area contributed by atoms with Crippen molar-refractivity contribution in [3.63, 3.8) is 0 Å². The predicted molar refractivity (Wildman–Crippen MR) is 80.2 cm³/mol. The molecule has 0 amide bonds. The molecule has 5 nitrogen and oxygen atoms in total. The van der Waals surface area contributed by atoms with Crippen LogP contribution in [0.15, 0.2) is 18.2 Å². The second-order valence-corrected chi connectivity index (χ2v) is 5.73. The number of ether oxygens (including phenoxy) is 1. The van der Waals surface area contributed by atoms with Gasteiger partial charge in [0, 0.05) is 25.2 Å². The van der Waals surface area contributed by atoms with E-state index in [4.69, 9.17) is 16.2 Å². The number of pyridine rings is 1. The van der Waals surface area contributed by atoms with Crippen LogP contribution in [0.4, 0.5) is 5.82 Å². The van der Waals surface area contributed by atoms with Crippen molar-refractivity contribution in [1.82, 2.24) is 9.88 Å². The molecule has 1 aliphatic heterocycles. The monoisotopic (exact) mass is 274 g/mol. The molecule has 0 bridgehead atoms. The maximum absolute atomic E-state index is 6.53. The van der Waals surface area contributed by atoms with Crippen LogP contribution < -0.4 is 11.5 Å². The number of aromatic nitrogens is 1. The maximum Gasteiger partial charge on any atom is 0.124 e. The lowest BCUT2D eigenvalue weighted by molar-refractivity contribution is 0.0354. The van der Waals surface area contributed by atoms with E-state index in [0.29, 0.717) is 5.82 Å². The van der Waals surface area contributed by atoms with Gasteiger partial charge >= 0.3 is 0 Å². The summed E-state index contributed by atoms with van der Waals surface area (Å²) >= 11 is 0. The molecule has 2 aliphatic rings.